The Bertz CT molecular complexity index is 3560. The minimum absolute atomic E-state index is 0.217. The molecule has 2 heterocycles. The van der Waals surface area contributed by atoms with Crippen LogP contribution in [0.4, 0.5) is 17.1 Å². The number of benzene rings is 8. The third kappa shape index (κ3) is 5.19. The number of para-hydroxylation sites is 3. The molecule has 0 amide bonds. The summed E-state index contributed by atoms with van der Waals surface area (Å²) >= 11 is 0. The predicted octanol–water partition coefficient (Wildman–Crippen LogP) is 16.1. The normalized spacial score (nSPS) is 19.3. The van der Waals surface area contributed by atoms with Gasteiger partial charge in [0.05, 0.1) is 22.1 Å². The van der Waals surface area contributed by atoms with Crippen molar-refractivity contribution < 1.29 is 9.47 Å². The van der Waals surface area contributed by atoms with Crippen molar-refractivity contribution in [3.8, 4) is 39.8 Å². The SMILES string of the molecule is C1=CC2c3ccc4c(c3C3(C5=CCCC=C5c5ccccc53)C2C=C1)Oc1cc(N(c2ccccc2)c2ccc(-c3ccc5c(c3)c3ccccc3n5-c3ccccc3)cc2)ccc1O4. The summed E-state index contributed by atoms with van der Waals surface area (Å²) in [5.74, 6) is 3.45. The smallest absolute Gasteiger partial charge is 0.174 e. The molecule has 4 nitrogen and oxygen atoms in total. The van der Waals surface area contributed by atoms with Crippen LogP contribution in [0.5, 0.6) is 23.0 Å². The molecule has 0 saturated heterocycles. The number of hydrogen-bond donors (Lipinski definition) is 0. The Balaban J connectivity index is 0.863. The van der Waals surface area contributed by atoms with Gasteiger partial charge in [-0.3, -0.25) is 0 Å². The van der Waals surface area contributed by atoms with Gasteiger partial charge in [-0.1, -0.05) is 140 Å². The fraction of sp³-hybridized carbons (Fsp3) is 0.0820. The van der Waals surface area contributed by atoms with Gasteiger partial charge in [-0.2, -0.15) is 0 Å². The van der Waals surface area contributed by atoms with Gasteiger partial charge >= 0.3 is 0 Å². The second-order valence-corrected chi connectivity index (χ2v) is 17.8. The van der Waals surface area contributed by atoms with Crippen LogP contribution >= 0.6 is 0 Å². The van der Waals surface area contributed by atoms with Crippen molar-refractivity contribution in [1.82, 2.24) is 4.57 Å². The molecule has 0 saturated carbocycles. The average Bonchev–Trinajstić information content (AvgIpc) is 3.98. The highest BCUT2D eigenvalue weighted by atomic mass is 16.6. The van der Waals surface area contributed by atoms with Crippen molar-refractivity contribution >= 4 is 44.4 Å². The van der Waals surface area contributed by atoms with Gasteiger partial charge < -0.3 is 18.9 Å². The van der Waals surface area contributed by atoms with Crippen molar-refractivity contribution in [2.75, 3.05) is 4.90 Å². The van der Waals surface area contributed by atoms with Crippen LogP contribution in [-0.2, 0) is 5.41 Å². The molecule has 0 fully saturated rings. The zero-order valence-electron chi connectivity index (χ0n) is 35.6. The van der Waals surface area contributed by atoms with Gasteiger partial charge in [0.1, 0.15) is 0 Å². The molecule has 3 atom stereocenters. The quantitative estimate of drug-likeness (QED) is 0.173. The van der Waals surface area contributed by atoms with Crippen LogP contribution in [-0.4, -0.2) is 4.57 Å². The molecule has 8 aromatic carbocycles. The van der Waals surface area contributed by atoms with Crippen molar-refractivity contribution in [1.29, 1.82) is 0 Å². The Hall–Kier alpha value is -8.08. The lowest BCUT2D eigenvalue weighted by atomic mass is 9.64. The maximum Gasteiger partial charge on any atom is 0.174 e. The molecule has 0 N–H and O–H groups in total. The van der Waals surface area contributed by atoms with Crippen molar-refractivity contribution in [2.45, 2.75) is 24.2 Å². The highest BCUT2D eigenvalue weighted by Crippen LogP contribution is 2.70. The van der Waals surface area contributed by atoms with Crippen LogP contribution < -0.4 is 14.4 Å². The molecule has 4 heteroatoms. The Labute approximate surface area is 378 Å². The van der Waals surface area contributed by atoms with Crippen LogP contribution in [0.1, 0.15) is 41.0 Å². The van der Waals surface area contributed by atoms with Gasteiger partial charge in [0.25, 0.3) is 0 Å². The highest BCUT2D eigenvalue weighted by Gasteiger charge is 2.60. The minimum atomic E-state index is -0.394. The summed E-state index contributed by atoms with van der Waals surface area (Å²) in [4.78, 5) is 2.30. The second-order valence-electron chi connectivity index (χ2n) is 17.8. The molecule has 65 heavy (non-hydrogen) atoms. The van der Waals surface area contributed by atoms with Crippen LogP contribution in [0.2, 0.25) is 0 Å². The van der Waals surface area contributed by atoms with Gasteiger partial charge in [0, 0.05) is 51.3 Å². The lowest BCUT2D eigenvalue weighted by Gasteiger charge is -2.38. The Morgan fingerprint density at radius 2 is 1.23 bits per heavy atom. The first-order chi connectivity index (χ1) is 32.2. The fourth-order valence-corrected chi connectivity index (χ4v) is 11.9. The van der Waals surface area contributed by atoms with E-state index in [1.165, 1.54) is 60.8 Å². The number of fused-ring (bicyclic) bond motifs is 16. The standard InChI is InChI=1S/C61H42N2O2/c1-3-15-41(16-4-1)62(43-30-27-39(28-31-43)40-29-34-55-50(37-40)48-22-10-14-26-54(48)63(55)42-17-5-2-6-18-42)44-32-35-56-58(38-44)65-60-57(64-56)36-33-49-47-21-9-13-25-53(47)61(59(49)60)51-23-11-7-19-45(51)46-20-8-12-24-52(46)61/h1-7,9-11,13-38,47,53H,8,12H2. The number of aromatic nitrogens is 1. The molecule has 14 rings (SSSR count). The zero-order chi connectivity index (χ0) is 42.6. The van der Waals surface area contributed by atoms with E-state index in [0.29, 0.717) is 11.5 Å². The zero-order valence-corrected chi connectivity index (χ0v) is 35.6. The first kappa shape index (κ1) is 36.4. The molecule has 4 aliphatic carbocycles. The maximum atomic E-state index is 7.29. The number of nitrogens with zero attached hydrogens (tertiary/aromatic N) is 2. The summed E-state index contributed by atoms with van der Waals surface area (Å²) in [6.07, 6.45) is 16.3. The summed E-state index contributed by atoms with van der Waals surface area (Å²) in [7, 11) is 0. The molecule has 1 spiro atoms. The van der Waals surface area contributed by atoms with E-state index >= 15 is 0 Å². The van der Waals surface area contributed by atoms with Crippen molar-refractivity contribution in [2.24, 2.45) is 5.92 Å². The van der Waals surface area contributed by atoms with Crippen LogP contribution in [0, 0.1) is 5.92 Å². The lowest BCUT2D eigenvalue weighted by Crippen LogP contribution is -2.33. The molecule has 0 bridgehead atoms. The van der Waals surface area contributed by atoms with Gasteiger partial charge in [0.2, 0.25) is 0 Å². The second kappa shape index (κ2) is 14.0. The Morgan fingerprint density at radius 1 is 0.523 bits per heavy atom. The molecule has 3 unspecified atom stereocenters. The lowest BCUT2D eigenvalue weighted by molar-refractivity contribution is 0.350. The van der Waals surface area contributed by atoms with E-state index in [-0.39, 0.29) is 11.8 Å². The van der Waals surface area contributed by atoms with Crippen molar-refractivity contribution in [3.05, 3.63) is 246 Å². The fourth-order valence-electron chi connectivity index (χ4n) is 11.9. The van der Waals surface area contributed by atoms with E-state index < -0.39 is 5.41 Å². The summed E-state index contributed by atoms with van der Waals surface area (Å²) in [5.41, 5.74) is 16.6. The van der Waals surface area contributed by atoms with E-state index in [9.17, 15) is 0 Å². The molecular formula is C61H42N2O2. The Kier molecular flexibility index (Phi) is 7.82. The van der Waals surface area contributed by atoms with Gasteiger partial charge in [-0.25, -0.2) is 0 Å². The number of anilines is 3. The van der Waals surface area contributed by atoms with Crippen molar-refractivity contribution in [3.63, 3.8) is 0 Å². The van der Waals surface area contributed by atoms with Gasteiger partial charge in [0.15, 0.2) is 23.0 Å². The van der Waals surface area contributed by atoms with E-state index in [1.807, 2.05) is 0 Å². The molecule has 5 aliphatic rings. The predicted molar refractivity (Wildman–Crippen MR) is 265 cm³/mol. The third-order valence-corrected chi connectivity index (χ3v) is 14.5. The Morgan fingerprint density at radius 3 is 2.12 bits per heavy atom. The molecular weight excluding hydrogens is 793 g/mol. The van der Waals surface area contributed by atoms with Gasteiger partial charge in [-0.15, -0.1) is 0 Å². The first-order valence-corrected chi connectivity index (χ1v) is 22.8. The van der Waals surface area contributed by atoms with Crippen LogP contribution in [0.3, 0.4) is 0 Å². The minimum Gasteiger partial charge on any atom is -0.449 e. The van der Waals surface area contributed by atoms with Gasteiger partial charge in [-0.05, 0) is 125 Å². The average molecular weight is 835 g/mol. The summed E-state index contributed by atoms with van der Waals surface area (Å²) in [6, 6.07) is 65.5. The monoisotopic (exact) mass is 834 g/mol. The van der Waals surface area contributed by atoms with E-state index in [4.69, 9.17) is 9.47 Å². The summed E-state index contributed by atoms with van der Waals surface area (Å²) < 4.78 is 16.5. The largest absolute Gasteiger partial charge is 0.449 e. The third-order valence-electron chi connectivity index (χ3n) is 14.5. The molecule has 9 aromatic rings. The summed E-state index contributed by atoms with van der Waals surface area (Å²) in [6.45, 7) is 0. The number of allylic oxidation sites excluding steroid dienone is 8. The van der Waals surface area contributed by atoms with E-state index in [0.717, 1.165) is 52.7 Å². The number of hydrogen-bond acceptors (Lipinski definition) is 3. The molecule has 1 aromatic heterocycles. The maximum absolute atomic E-state index is 7.29. The first-order valence-electron chi connectivity index (χ1n) is 22.8. The number of rotatable bonds is 5. The van der Waals surface area contributed by atoms with Crippen LogP contribution in [0.25, 0.3) is 44.2 Å². The topological polar surface area (TPSA) is 26.6 Å². The number of ether oxygens (including phenoxy) is 2. The van der Waals surface area contributed by atoms with E-state index in [2.05, 4.69) is 228 Å². The summed E-state index contributed by atoms with van der Waals surface area (Å²) in [5, 5.41) is 2.48. The molecule has 308 valence electrons. The van der Waals surface area contributed by atoms with Crippen LogP contribution in [0.15, 0.2) is 224 Å². The van der Waals surface area contributed by atoms with E-state index in [1.54, 1.807) is 0 Å². The highest BCUT2D eigenvalue weighted by molar-refractivity contribution is 6.10. The molecule has 0 radical (unpaired) electrons. The molecule has 1 aliphatic heterocycles.